The summed E-state index contributed by atoms with van der Waals surface area (Å²) in [5, 5.41) is 3.32. The summed E-state index contributed by atoms with van der Waals surface area (Å²) >= 11 is 0. The number of nitrogens with one attached hydrogen (secondary N) is 1. The maximum Gasteiger partial charge on any atom is 0.193 e. The molecule has 0 radical (unpaired) electrons. The Balaban J connectivity index is 2.41. The molecule has 0 unspecified atom stereocenters. The van der Waals surface area contributed by atoms with Gasteiger partial charge in [0.15, 0.2) is 5.96 Å². The molecule has 1 N–H and O–H groups in total. The van der Waals surface area contributed by atoms with Gasteiger partial charge in [0.25, 0.3) is 0 Å². The standard InChI is InChI=1S/C18H31N3O3S/c1-18(2,11-14-25(5,22)23)15-20-17(19-3)21(4)12-13-24-16-9-7-6-8-10-16/h6-10H,11-15H2,1-5H3,(H,19,20). The van der Waals surface area contributed by atoms with Crippen LogP contribution in [0.1, 0.15) is 20.3 Å². The number of nitrogens with zero attached hydrogens (tertiary/aromatic N) is 2. The van der Waals surface area contributed by atoms with E-state index >= 15 is 0 Å². The van der Waals surface area contributed by atoms with Gasteiger partial charge >= 0.3 is 0 Å². The average molecular weight is 370 g/mol. The second-order valence-corrected chi connectivity index (χ2v) is 9.29. The monoisotopic (exact) mass is 369 g/mol. The first-order chi connectivity index (χ1) is 11.6. The normalized spacial score (nSPS) is 12.8. The molecule has 0 saturated carbocycles. The van der Waals surface area contributed by atoms with Crippen LogP contribution in [-0.2, 0) is 9.84 Å². The molecule has 0 aliphatic rings. The van der Waals surface area contributed by atoms with Crippen molar-refractivity contribution in [3.05, 3.63) is 30.3 Å². The molecule has 0 heterocycles. The summed E-state index contributed by atoms with van der Waals surface area (Å²) in [4.78, 5) is 6.28. The first-order valence-corrected chi connectivity index (χ1v) is 10.5. The van der Waals surface area contributed by atoms with Gasteiger partial charge in [0, 0.05) is 26.9 Å². The molecule has 0 saturated heterocycles. The third-order valence-electron chi connectivity index (χ3n) is 3.89. The highest BCUT2D eigenvalue weighted by Gasteiger charge is 2.21. The summed E-state index contributed by atoms with van der Waals surface area (Å²) in [5.74, 6) is 1.81. The number of guanidine groups is 1. The fraction of sp³-hybridized carbons (Fsp3) is 0.611. The molecule has 25 heavy (non-hydrogen) atoms. The molecule has 0 aliphatic carbocycles. The molecule has 6 nitrogen and oxygen atoms in total. The van der Waals surface area contributed by atoms with E-state index in [1.54, 1.807) is 7.05 Å². The van der Waals surface area contributed by atoms with Crippen molar-refractivity contribution < 1.29 is 13.2 Å². The molecule has 0 aromatic heterocycles. The molecule has 142 valence electrons. The maximum atomic E-state index is 11.3. The van der Waals surface area contributed by atoms with Gasteiger partial charge < -0.3 is 15.0 Å². The second kappa shape index (κ2) is 9.65. The number of sulfone groups is 1. The minimum atomic E-state index is -2.94. The zero-order valence-electron chi connectivity index (χ0n) is 15.9. The van der Waals surface area contributed by atoms with Crippen LogP contribution in [0.3, 0.4) is 0 Å². The van der Waals surface area contributed by atoms with Crippen molar-refractivity contribution in [1.29, 1.82) is 0 Å². The molecule has 0 bridgehead atoms. The first-order valence-electron chi connectivity index (χ1n) is 8.40. The lowest BCUT2D eigenvalue weighted by molar-refractivity contribution is 0.278. The van der Waals surface area contributed by atoms with Gasteiger partial charge in [0.05, 0.1) is 12.3 Å². The Kier molecular flexibility index (Phi) is 8.22. The van der Waals surface area contributed by atoms with Crippen molar-refractivity contribution in [3.8, 4) is 5.75 Å². The van der Waals surface area contributed by atoms with E-state index in [4.69, 9.17) is 4.74 Å². The zero-order chi connectivity index (χ0) is 18.9. The summed E-state index contributed by atoms with van der Waals surface area (Å²) in [6, 6.07) is 9.70. The molecule has 0 spiro atoms. The van der Waals surface area contributed by atoms with E-state index in [9.17, 15) is 8.42 Å². The van der Waals surface area contributed by atoms with E-state index in [-0.39, 0.29) is 11.2 Å². The molecular weight excluding hydrogens is 338 g/mol. The molecule has 1 rings (SSSR count). The Morgan fingerprint density at radius 1 is 1.28 bits per heavy atom. The van der Waals surface area contributed by atoms with Crippen LogP contribution >= 0.6 is 0 Å². The van der Waals surface area contributed by atoms with Gasteiger partial charge in [0.2, 0.25) is 0 Å². The van der Waals surface area contributed by atoms with Crippen molar-refractivity contribution in [2.45, 2.75) is 20.3 Å². The zero-order valence-corrected chi connectivity index (χ0v) is 16.8. The maximum absolute atomic E-state index is 11.3. The van der Waals surface area contributed by atoms with Crippen LogP contribution < -0.4 is 10.1 Å². The smallest absolute Gasteiger partial charge is 0.193 e. The number of rotatable bonds is 9. The van der Waals surface area contributed by atoms with Crippen molar-refractivity contribution >= 4 is 15.8 Å². The van der Waals surface area contributed by atoms with Gasteiger partial charge in [-0.1, -0.05) is 32.0 Å². The third-order valence-corrected chi connectivity index (χ3v) is 4.83. The predicted octanol–water partition coefficient (Wildman–Crippen LogP) is 2.03. The molecular formula is C18H31N3O3S. The van der Waals surface area contributed by atoms with Crippen LogP contribution in [0.2, 0.25) is 0 Å². The molecule has 0 amide bonds. The lowest BCUT2D eigenvalue weighted by Gasteiger charge is -2.28. The quantitative estimate of drug-likeness (QED) is 0.533. The van der Waals surface area contributed by atoms with Gasteiger partial charge in [-0.25, -0.2) is 8.42 Å². The van der Waals surface area contributed by atoms with Crippen molar-refractivity contribution in [1.82, 2.24) is 10.2 Å². The third kappa shape index (κ3) is 9.34. The van der Waals surface area contributed by atoms with Crippen LogP contribution in [0.5, 0.6) is 5.75 Å². The number of aliphatic imine (C=N–C) groups is 1. The molecule has 0 aliphatic heterocycles. The van der Waals surface area contributed by atoms with Gasteiger partial charge in [0.1, 0.15) is 22.2 Å². The molecule has 0 atom stereocenters. The van der Waals surface area contributed by atoms with Gasteiger partial charge in [-0.05, 0) is 24.0 Å². The predicted molar refractivity (Wildman–Crippen MR) is 104 cm³/mol. The van der Waals surface area contributed by atoms with Crippen molar-refractivity contribution in [2.24, 2.45) is 10.4 Å². The summed E-state index contributed by atoms with van der Waals surface area (Å²) in [5.41, 5.74) is -0.138. The number of hydrogen-bond donors (Lipinski definition) is 1. The lowest BCUT2D eigenvalue weighted by atomic mass is 9.90. The SMILES string of the molecule is CN=C(NCC(C)(C)CCS(C)(=O)=O)N(C)CCOc1ccccc1. The van der Waals surface area contributed by atoms with Crippen molar-refractivity contribution in [2.75, 3.05) is 45.8 Å². The molecule has 1 aromatic rings. The number of para-hydroxylation sites is 1. The Hall–Kier alpha value is -1.76. The van der Waals surface area contributed by atoms with E-state index in [0.717, 1.165) is 11.7 Å². The van der Waals surface area contributed by atoms with E-state index in [2.05, 4.69) is 24.2 Å². The highest BCUT2D eigenvalue weighted by molar-refractivity contribution is 7.90. The lowest BCUT2D eigenvalue weighted by Crippen LogP contribution is -2.44. The Labute approximate surface area is 152 Å². The van der Waals surface area contributed by atoms with E-state index in [1.165, 1.54) is 6.26 Å². The van der Waals surface area contributed by atoms with Gasteiger partial charge in [-0.2, -0.15) is 0 Å². The largest absolute Gasteiger partial charge is 0.492 e. The highest BCUT2D eigenvalue weighted by atomic mass is 32.2. The summed E-state index contributed by atoms with van der Waals surface area (Å²) in [6.07, 6.45) is 1.88. The second-order valence-electron chi connectivity index (χ2n) is 7.03. The van der Waals surface area contributed by atoms with Crippen molar-refractivity contribution in [3.63, 3.8) is 0 Å². The van der Waals surface area contributed by atoms with Gasteiger partial charge in [-0.15, -0.1) is 0 Å². The Morgan fingerprint density at radius 2 is 1.92 bits per heavy atom. The van der Waals surface area contributed by atoms with Crippen LogP contribution in [0.25, 0.3) is 0 Å². The summed E-state index contributed by atoms with van der Waals surface area (Å²) in [6.45, 7) is 6.00. The fourth-order valence-corrected chi connectivity index (χ4v) is 3.10. The first kappa shape index (κ1) is 21.3. The Bertz CT molecular complexity index is 643. The number of benzene rings is 1. The molecule has 7 heteroatoms. The minimum Gasteiger partial charge on any atom is -0.492 e. The highest BCUT2D eigenvalue weighted by Crippen LogP contribution is 2.19. The topological polar surface area (TPSA) is 71.0 Å². The number of ether oxygens (including phenoxy) is 1. The Morgan fingerprint density at radius 3 is 2.48 bits per heavy atom. The van der Waals surface area contributed by atoms with Gasteiger partial charge in [-0.3, -0.25) is 4.99 Å². The van der Waals surface area contributed by atoms with Crippen LogP contribution in [0.4, 0.5) is 0 Å². The van der Waals surface area contributed by atoms with E-state index in [0.29, 0.717) is 26.1 Å². The summed E-state index contributed by atoms with van der Waals surface area (Å²) in [7, 11) is 0.747. The number of likely N-dealkylation sites (N-methyl/N-ethyl adjacent to an activating group) is 1. The van der Waals surface area contributed by atoms with E-state index in [1.807, 2.05) is 42.3 Å². The van der Waals surface area contributed by atoms with E-state index < -0.39 is 9.84 Å². The van der Waals surface area contributed by atoms with Crippen LogP contribution in [0, 0.1) is 5.41 Å². The molecule has 1 aromatic carbocycles. The molecule has 0 fully saturated rings. The number of hydrogen-bond acceptors (Lipinski definition) is 4. The van der Waals surface area contributed by atoms with Crippen LogP contribution in [0.15, 0.2) is 35.3 Å². The average Bonchev–Trinajstić information content (AvgIpc) is 2.54. The minimum absolute atomic E-state index is 0.138. The summed E-state index contributed by atoms with van der Waals surface area (Å²) < 4.78 is 28.4. The fourth-order valence-electron chi connectivity index (χ4n) is 2.18. The van der Waals surface area contributed by atoms with Crippen LogP contribution in [-0.4, -0.2) is 65.1 Å².